The Morgan fingerprint density at radius 3 is 2.94 bits per heavy atom. The molecule has 0 aromatic carbocycles. The van der Waals surface area contributed by atoms with Gasteiger partial charge >= 0.3 is 0 Å². The molecule has 1 aromatic rings. The van der Waals surface area contributed by atoms with Crippen molar-refractivity contribution < 1.29 is 0 Å². The topological polar surface area (TPSA) is 28.2 Å². The van der Waals surface area contributed by atoms with Crippen LogP contribution in [0.3, 0.4) is 0 Å². The lowest BCUT2D eigenvalue weighted by Gasteiger charge is -2.23. The Hall–Kier alpha value is -0.740. The van der Waals surface area contributed by atoms with Crippen LogP contribution in [0.4, 0.5) is 5.69 Å². The molecule has 4 heteroatoms. The van der Waals surface area contributed by atoms with Crippen LogP contribution in [0.5, 0.6) is 0 Å². The van der Waals surface area contributed by atoms with E-state index >= 15 is 0 Å². The Morgan fingerprint density at radius 2 is 2.28 bits per heavy atom. The number of hydrogen-bond donors (Lipinski definition) is 1. The van der Waals surface area contributed by atoms with E-state index in [-0.39, 0.29) is 0 Å². The smallest absolute Gasteiger partial charge is 0.0564 e. The molecule has 3 nitrogen and oxygen atoms in total. The molecule has 0 radical (unpaired) electrons. The first kappa shape index (κ1) is 15.3. The molecule has 1 rings (SSSR count). The lowest BCUT2D eigenvalue weighted by molar-refractivity contribution is 0.266. The fourth-order valence-corrected chi connectivity index (χ4v) is 2.46. The summed E-state index contributed by atoms with van der Waals surface area (Å²) in [6.45, 7) is 6.36. The summed E-state index contributed by atoms with van der Waals surface area (Å²) in [5.41, 5.74) is 2.30. The van der Waals surface area contributed by atoms with Gasteiger partial charge in [-0.15, -0.1) is 0 Å². The second-order valence-corrected chi connectivity index (χ2v) is 5.59. The summed E-state index contributed by atoms with van der Waals surface area (Å²) < 4.78 is 0. The zero-order chi connectivity index (χ0) is 13.4. The highest BCUT2D eigenvalue weighted by Gasteiger charge is 2.09. The van der Waals surface area contributed by atoms with Crippen molar-refractivity contribution in [1.82, 2.24) is 9.88 Å². The third kappa shape index (κ3) is 5.27. The molecular formula is C14H25N3S. The van der Waals surface area contributed by atoms with Gasteiger partial charge in [0.25, 0.3) is 0 Å². The van der Waals surface area contributed by atoms with E-state index in [0.29, 0.717) is 6.04 Å². The molecule has 0 amide bonds. The van der Waals surface area contributed by atoms with E-state index in [1.807, 2.05) is 24.0 Å². The van der Waals surface area contributed by atoms with Crippen LogP contribution in [0.1, 0.15) is 26.0 Å². The van der Waals surface area contributed by atoms with E-state index in [9.17, 15) is 0 Å². The summed E-state index contributed by atoms with van der Waals surface area (Å²) in [5.74, 6) is 1.16. The van der Waals surface area contributed by atoms with Crippen LogP contribution < -0.4 is 5.32 Å². The lowest BCUT2D eigenvalue weighted by Crippen LogP contribution is -2.30. The Bertz CT molecular complexity index is 344. The Balaban J connectivity index is 2.55. The average molecular weight is 267 g/mol. The van der Waals surface area contributed by atoms with Gasteiger partial charge in [0.15, 0.2) is 0 Å². The van der Waals surface area contributed by atoms with Gasteiger partial charge in [-0.2, -0.15) is 11.8 Å². The fourth-order valence-electron chi connectivity index (χ4n) is 1.72. The van der Waals surface area contributed by atoms with Crippen LogP contribution >= 0.6 is 11.8 Å². The molecule has 0 spiro atoms. The van der Waals surface area contributed by atoms with E-state index in [2.05, 4.69) is 48.4 Å². The molecule has 1 unspecified atom stereocenters. The van der Waals surface area contributed by atoms with Crippen molar-refractivity contribution in [3.63, 3.8) is 0 Å². The zero-order valence-electron chi connectivity index (χ0n) is 11.9. The second-order valence-electron chi connectivity index (χ2n) is 4.68. The number of aromatic nitrogens is 1. The van der Waals surface area contributed by atoms with Gasteiger partial charge in [-0.25, -0.2) is 0 Å². The van der Waals surface area contributed by atoms with Crippen LogP contribution in [0.25, 0.3) is 0 Å². The molecule has 0 bridgehead atoms. The number of pyridine rings is 1. The number of nitrogens with zero attached hydrogens (tertiary/aromatic N) is 2. The highest BCUT2D eigenvalue weighted by atomic mass is 32.2. The van der Waals surface area contributed by atoms with Crippen LogP contribution in [0, 0.1) is 0 Å². The molecule has 0 saturated carbocycles. The first-order valence-corrected chi connectivity index (χ1v) is 7.94. The van der Waals surface area contributed by atoms with Gasteiger partial charge in [-0.1, -0.05) is 6.92 Å². The van der Waals surface area contributed by atoms with Gasteiger partial charge in [0.1, 0.15) is 0 Å². The van der Waals surface area contributed by atoms with Gasteiger partial charge in [0.05, 0.1) is 5.69 Å². The van der Waals surface area contributed by atoms with Gasteiger partial charge in [-0.3, -0.25) is 9.88 Å². The molecule has 0 fully saturated rings. The standard InChI is InChI=1S/C14H25N3S/c1-5-7-15-13-6-8-16-14(9-13)10-17(3)12(2)11-18-4/h6,8-9,12H,5,7,10-11H2,1-4H3,(H,15,16). The Kier molecular flexibility index (Phi) is 7.13. The van der Waals surface area contributed by atoms with Crippen LogP contribution in [-0.2, 0) is 6.54 Å². The largest absolute Gasteiger partial charge is 0.385 e. The first-order chi connectivity index (χ1) is 8.67. The normalized spacial score (nSPS) is 12.7. The predicted octanol–water partition coefficient (Wildman–Crippen LogP) is 3.09. The number of nitrogens with one attached hydrogen (secondary N) is 1. The Morgan fingerprint density at radius 1 is 1.50 bits per heavy atom. The van der Waals surface area contributed by atoms with Crippen LogP contribution in [0.2, 0.25) is 0 Å². The SMILES string of the molecule is CCCNc1ccnc(CN(C)C(C)CSC)c1. The van der Waals surface area contributed by atoms with Crippen molar-refractivity contribution in [2.24, 2.45) is 0 Å². The molecule has 0 aliphatic heterocycles. The minimum Gasteiger partial charge on any atom is -0.385 e. The molecule has 1 heterocycles. The summed E-state index contributed by atoms with van der Waals surface area (Å²) in [7, 11) is 2.16. The van der Waals surface area contributed by atoms with Crippen LogP contribution in [0.15, 0.2) is 18.3 Å². The first-order valence-electron chi connectivity index (χ1n) is 6.55. The summed E-state index contributed by atoms with van der Waals surface area (Å²) >= 11 is 1.89. The minimum atomic E-state index is 0.578. The molecule has 0 saturated heterocycles. The fraction of sp³-hybridized carbons (Fsp3) is 0.643. The van der Waals surface area contributed by atoms with E-state index in [0.717, 1.165) is 31.0 Å². The molecule has 102 valence electrons. The molecule has 1 aromatic heterocycles. The van der Waals surface area contributed by atoms with Crippen molar-refractivity contribution in [1.29, 1.82) is 0 Å². The highest BCUT2D eigenvalue weighted by molar-refractivity contribution is 7.98. The maximum Gasteiger partial charge on any atom is 0.0564 e. The van der Waals surface area contributed by atoms with Gasteiger partial charge in [0.2, 0.25) is 0 Å². The number of rotatable bonds is 8. The maximum absolute atomic E-state index is 4.44. The highest BCUT2D eigenvalue weighted by Crippen LogP contribution is 2.12. The van der Waals surface area contributed by atoms with E-state index in [1.165, 1.54) is 5.69 Å². The van der Waals surface area contributed by atoms with Crippen molar-refractivity contribution in [2.75, 3.05) is 30.9 Å². The summed E-state index contributed by atoms with van der Waals surface area (Å²) in [4.78, 5) is 6.79. The van der Waals surface area contributed by atoms with Crippen molar-refractivity contribution in [3.8, 4) is 0 Å². The summed E-state index contributed by atoms with van der Waals surface area (Å²) in [5, 5.41) is 3.40. The van der Waals surface area contributed by atoms with Crippen molar-refractivity contribution >= 4 is 17.4 Å². The Labute approximate surface area is 115 Å². The third-order valence-electron chi connectivity index (χ3n) is 2.97. The molecule has 1 atom stereocenters. The zero-order valence-corrected chi connectivity index (χ0v) is 12.8. The van der Waals surface area contributed by atoms with Crippen molar-refractivity contribution in [2.45, 2.75) is 32.9 Å². The van der Waals surface area contributed by atoms with Gasteiger partial charge in [0, 0.05) is 36.8 Å². The monoisotopic (exact) mass is 267 g/mol. The van der Waals surface area contributed by atoms with Crippen molar-refractivity contribution in [3.05, 3.63) is 24.0 Å². The van der Waals surface area contributed by atoms with E-state index in [1.54, 1.807) is 0 Å². The molecule has 18 heavy (non-hydrogen) atoms. The second kappa shape index (κ2) is 8.38. The third-order valence-corrected chi connectivity index (χ3v) is 3.78. The predicted molar refractivity (Wildman–Crippen MR) is 82.3 cm³/mol. The lowest BCUT2D eigenvalue weighted by atomic mass is 10.2. The average Bonchev–Trinajstić information content (AvgIpc) is 2.37. The number of anilines is 1. The van der Waals surface area contributed by atoms with E-state index in [4.69, 9.17) is 0 Å². The van der Waals surface area contributed by atoms with E-state index < -0.39 is 0 Å². The number of thioether (sulfide) groups is 1. The number of hydrogen-bond acceptors (Lipinski definition) is 4. The minimum absolute atomic E-state index is 0.578. The maximum atomic E-state index is 4.44. The quantitative estimate of drug-likeness (QED) is 0.783. The van der Waals surface area contributed by atoms with Gasteiger partial charge in [-0.05, 0) is 38.8 Å². The summed E-state index contributed by atoms with van der Waals surface area (Å²) in [6, 6.07) is 4.76. The summed E-state index contributed by atoms with van der Waals surface area (Å²) in [6.07, 6.45) is 5.18. The van der Waals surface area contributed by atoms with Gasteiger partial charge < -0.3 is 5.32 Å². The molecule has 0 aliphatic rings. The van der Waals surface area contributed by atoms with Crippen LogP contribution in [-0.4, -0.2) is 41.5 Å². The molecule has 0 aliphatic carbocycles. The molecule has 1 N–H and O–H groups in total. The molecular weight excluding hydrogens is 242 g/mol.